The minimum absolute atomic E-state index is 0.0326. The lowest BCUT2D eigenvalue weighted by Gasteiger charge is -2.31. The fourth-order valence-corrected chi connectivity index (χ4v) is 5.07. The van der Waals surface area contributed by atoms with Gasteiger partial charge in [0.2, 0.25) is 0 Å². The average Bonchev–Trinajstić information content (AvgIpc) is 2.87. The first kappa shape index (κ1) is 25.1. The number of likely N-dealkylation sites (tertiary alicyclic amines) is 1. The van der Waals surface area contributed by atoms with Crippen molar-refractivity contribution in [1.82, 2.24) is 14.9 Å². The number of rotatable bonds is 5. The van der Waals surface area contributed by atoms with Crippen LogP contribution >= 0.6 is 0 Å². The van der Waals surface area contributed by atoms with E-state index in [-0.39, 0.29) is 24.2 Å². The van der Waals surface area contributed by atoms with E-state index >= 15 is 4.39 Å². The summed E-state index contributed by atoms with van der Waals surface area (Å²) < 4.78 is 45.9. The first-order valence-electron chi connectivity index (χ1n) is 12.4. The molecule has 4 heterocycles. The summed E-state index contributed by atoms with van der Waals surface area (Å²) in [6, 6.07) is 3.29. The molecule has 37 heavy (non-hydrogen) atoms. The molecule has 11 heteroatoms. The standard InChI is InChI=1S/C26H29F3N6O2/c1-14-18(11-32-20-3-2-6-31-25(14)20)17-9-15-10-22(33-12-19(15)24(30)23(17)29)34-26(36)37-16-4-7-35(8-5-16)13-21(27)28/h9-12,16,21,31H,2-8,13,30H2,1H3,(H,33,34,36). The topological polar surface area (TPSA) is 105 Å². The van der Waals surface area contributed by atoms with Crippen molar-refractivity contribution in [3.05, 3.63) is 41.6 Å². The van der Waals surface area contributed by atoms with Crippen LogP contribution in [0.5, 0.6) is 0 Å². The van der Waals surface area contributed by atoms with Crippen LogP contribution in [-0.4, -0.2) is 59.7 Å². The molecule has 4 N–H and O–H groups in total. The van der Waals surface area contributed by atoms with Gasteiger partial charge in [0, 0.05) is 48.5 Å². The Morgan fingerprint density at radius 1 is 1.24 bits per heavy atom. The summed E-state index contributed by atoms with van der Waals surface area (Å²) in [4.78, 5) is 22.9. The van der Waals surface area contributed by atoms with Gasteiger partial charge in [-0.1, -0.05) is 0 Å². The van der Waals surface area contributed by atoms with E-state index in [0.29, 0.717) is 47.8 Å². The normalized spacial score (nSPS) is 16.5. The van der Waals surface area contributed by atoms with Crippen LogP contribution in [0.25, 0.3) is 21.9 Å². The first-order valence-corrected chi connectivity index (χ1v) is 12.4. The highest BCUT2D eigenvalue weighted by Gasteiger charge is 2.25. The monoisotopic (exact) mass is 514 g/mol. The molecule has 2 aliphatic heterocycles. The smallest absolute Gasteiger partial charge is 0.413 e. The molecule has 0 radical (unpaired) electrons. The van der Waals surface area contributed by atoms with E-state index in [0.717, 1.165) is 36.3 Å². The summed E-state index contributed by atoms with van der Waals surface area (Å²) >= 11 is 0. The number of aromatic nitrogens is 2. The summed E-state index contributed by atoms with van der Waals surface area (Å²) in [6.07, 6.45) is 2.49. The van der Waals surface area contributed by atoms with Gasteiger partial charge < -0.3 is 15.8 Å². The molecule has 0 bridgehead atoms. The van der Waals surface area contributed by atoms with Gasteiger partial charge in [-0.15, -0.1) is 0 Å². The predicted octanol–water partition coefficient (Wildman–Crippen LogP) is 4.96. The Hall–Kier alpha value is -3.60. The SMILES string of the molecule is Cc1c(-c2cc3cc(NC(=O)OC4CCN(CC(F)F)CC4)ncc3c(N)c2F)cnc2c1NCCC2. The highest BCUT2D eigenvalue weighted by Crippen LogP contribution is 2.38. The lowest BCUT2D eigenvalue weighted by atomic mass is 9.95. The highest BCUT2D eigenvalue weighted by atomic mass is 19.3. The van der Waals surface area contributed by atoms with Crippen molar-refractivity contribution < 1.29 is 22.7 Å². The van der Waals surface area contributed by atoms with Crippen LogP contribution in [0.4, 0.5) is 35.2 Å². The lowest BCUT2D eigenvalue weighted by Crippen LogP contribution is -2.40. The van der Waals surface area contributed by atoms with Crippen molar-refractivity contribution in [2.75, 3.05) is 42.5 Å². The van der Waals surface area contributed by atoms with Gasteiger partial charge in [0.1, 0.15) is 11.9 Å². The van der Waals surface area contributed by atoms with E-state index in [1.807, 2.05) is 6.92 Å². The van der Waals surface area contributed by atoms with Crippen molar-refractivity contribution in [2.24, 2.45) is 0 Å². The van der Waals surface area contributed by atoms with Crippen molar-refractivity contribution >= 4 is 34.1 Å². The van der Waals surface area contributed by atoms with Crippen LogP contribution in [0.3, 0.4) is 0 Å². The molecule has 2 aliphatic rings. The van der Waals surface area contributed by atoms with Gasteiger partial charge in [0.15, 0.2) is 5.82 Å². The second-order valence-electron chi connectivity index (χ2n) is 9.51. The number of pyridine rings is 2. The zero-order valence-electron chi connectivity index (χ0n) is 20.5. The highest BCUT2D eigenvalue weighted by molar-refractivity contribution is 5.99. The summed E-state index contributed by atoms with van der Waals surface area (Å²) in [6.45, 7) is 3.38. The maximum absolute atomic E-state index is 15.4. The Kier molecular flexibility index (Phi) is 7.05. The third-order valence-corrected chi connectivity index (χ3v) is 7.03. The molecule has 2 aromatic heterocycles. The minimum atomic E-state index is -2.38. The van der Waals surface area contributed by atoms with Crippen LogP contribution in [0.15, 0.2) is 24.5 Å². The molecule has 0 saturated carbocycles. The van der Waals surface area contributed by atoms with E-state index < -0.39 is 18.3 Å². The second-order valence-corrected chi connectivity index (χ2v) is 9.51. The molecular weight excluding hydrogens is 485 g/mol. The summed E-state index contributed by atoms with van der Waals surface area (Å²) in [5.74, 6) is -0.320. The average molecular weight is 515 g/mol. The molecule has 5 rings (SSSR count). The van der Waals surface area contributed by atoms with Crippen LogP contribution < -0.4 is 16.4 Å². The fourth-order valence-electron chi connectivity index (χ4n) is 5.07. The quantitative estimate of drug-likeness (QED) is 0.413. The van der Waals surface area contributed by atoms with Gasteiger partial charge in [-0.3, -0.25) is 15.2 Å². The number of halogens is 3. The number of benzene rings is 1. The fraction of sp³-hybridized carbons (Fsp3) is 0.423. The largest absolute Gasteiger partial charge is 0.446 e. The molecule has 196 valence electrons. The molecule has 0 aliphatic carbocycles. The predicted molar refractivity (Wildman–Crippen MR) is 136 cm³/mol. The number of ether oxygens (including phenoxy) is 1. The number of fused-ring (bicyclic) bond motifs is 2. The number of anilines is 3. The molecule has 8 nitrogen and oxygen atoms in total. The van der Waals surface area contributed by atoms with Crippen LogP contribution in [0, 0.1) is 12.7 Å². The Balaban J connectivity index is 1.34. The van der Waals surface area contributed by atoms with Gasteiger partial charge >= 0.3 is 6.09 Å². The molecular formula is C26H29F3N6O2. The lowest BCUT2D eigenvalue weighted by molar-refractivity contribution is 0.0307. The maximum Gasteiger partial charge on any atom is 0.413 e. The van der Waals surface area contributed by atoms with Crippen LogP contribution in [0.1, 0.15) is 30.5 Å². The van der Waals surface area contributed by atoms with Crippen molar-refractivity contribution in [3.63, 3.8) is 0 Å². The number of alkyl halides is 2. The Bertz CT molecular complexity index is 1330. The third-order valence-electron chi connectivity index (χ3n) is 7.03. The number of hydrogen-bond acceptors (Lipinski definition) is 7. The van der Waals surface area contributed by atoms with E-state index in [2.05, 4.69) is 20.6 Å². The number of hydrogen-bond donors (Lipinski definition) is 3. The maximum atomic E-state index is 15.4. The number of nitrogen functional groups attached to an aromatic ring is 1. The van der Waals surface area contributed by atoms with Gasteiger partial charge in [-0.25, -0.2) is 22.9 Å². The molecule has 0 atom stereocenters. The van der Waals surface area contributed by atoms with E-state index in [9.17, 15) is 13.6 Å². The van der Waals surface area contributed by atoms with Crippen molar-refractivity contribution in [3.8, 4) is 11.1 Å². The molecule has 1 aromatic carbocycles. The second kappa shape index (κ2) is 10.4. The molecule has 1 saturated heterocycles. The zero-order valence-corrected chi connectivity index (χ0v) is 20.5. The van der Waals surface area contributed by atoms with E-state index in [4.69, 9.17) is 10.5 Å². The third kappa shape index (κ3) is 5.27. The number of nitrogens with zero attached hydrogens (tertiary/aromatic N) is 3. The van der Waals surface area contributed by atoms with Crippen molar-refractivity contribution in [1.29, 1.82) is 0 Å². The summed E-state index contributed by atoms with van der Waals surface area (Å²) in [5, 5.41) is 7.00. The van der Waals surface area contributed by atoms with Crippen LogP contribution in [-0.2, 0) is 11.2 Å². The number of nitrogens with one attached hydrogen (secondary N) is 2. The minimum Gasteiger partial charge on any atom is -0.446 e. The van der Waals surface area contributed by atoms with Gasteiger partial charge in [-0.2, -0.15) is 0 Å². The van der Waals surface area contributed by atoms with Crippen LogP contribution in [0.2, 0.25) is 0 Å². The van der Waals surface area contributed by atoms with E-state index in [1.165, 1.54) is 6.20 Å². The number of amides is 1. The van der Waals surface area contributed by atoms with E-state index in [1.54, 1.807) is 23.2 Å². The molecule has 0 spiro atoms. The van der Waals surface area contributed by atoms with Gasteiger partial charge in [0.05, 0.1) is 23.6 Å². The molecule has 1 amide bonds. The first-order chi connectivity index (χ1) is 17.8. The number of piperidine rings is 1. The summed E-state index contributed by atoms with van der Waals surface area (Å²) in [5.41, 5.74) is 9.88. The Morgan fingerprint density at radius 3 is 2.78 bits per heavy atom. The molecule has 1 fully saturated rings. The Morgan fingerprint density at radius 2 is 2.03 bits per heavy atom. The number of carbonyl (C=O) groups excluding carboxylic acids is 1. The van der Waals surface area contributed by atoms with Gasteiger partial charge in [0.25, 0.3) is 6.43 Å². The number of carbonyl (C=O) groups is 1. The number of nitrogens with two attached hydrogens (primary N) is 1. The zero-order chi connectivity index (χ0) is 26.1. The number of aryl methyl sites for hydroxylation is 1. The Labute approximate surface area is 212 Å². The molecule has 3 aromatic rings. The molecule has 0 unspecified atom stereocenters. The van der Waals surface area contributed by atoms with Gasteiger partial charge in [-0.05, 0) is 55.7 Å². The summed E-state index contributed by atoms with van der Waals surface area (Å²) in [7, 11) is 0. The van der Waals surface area contributed by atoms with Crippen molar-refractivity contribution in [2.45, 2.75) is 45.1 Å².